The third kappa shape index (κ3) is 4.08. The van der Waals surface area contributed by atoms with Crippen molar-refractivity contribution in [3.05, 3.63) is 29.8 Å². The highest BCUT2D eigenvalue weighted by atomic mass is 16.4. The summed E-state index contributed by atoms with van der Waals surface area (Å²) in [5, 5.41) is 11.4. The number of amides is 2. The minimum absolute atomic E-state index is 0.0519. The molecule has 0 atom stereocenters. The molecule has 2 N–H and O–H groups in total. The first kappa shape index (κ1) is 14.0. The molecular weight excluding hydrogens is 232 g/mol. The number of carbonyl (C=O) groups is 2. The van der Waals surface area contributed by atoms with Gasteiger partial charge in [-0.3, -0.25) is 4.79 Å². The van der Waals surface area contributed by atoms with Gasteiger partial charge in [0, 0.05) is 18.8 Å². The summed E-state index contributed by atoms with van der Waals surface area (Å²) >= 11 is 0. The third-order valence-corrected chi connectivity index (χ3v) is 2.63. The number of hydrogen-bond donors (Lipinski definition) is 2. The molecule has 5 heteroatoms. The van der Waals surface area contributed by atoms with Gasteiger partial charge in [0.15, 0.2) is 0 Å². The molecule has 0 aliphatic heterocycles. The fraction of sp³-hybridized carbons (Fsp3) is 0.385. The Kier molecular flexibility index (Phi) is 4.71. The number of carboxylic acid groups (broad SMARTS) is 1. The van der Waals surface area contributed by atoms with Crippen molar-refractivity contribution in [3.63, 3.8) is 0 Å². The molecule has 18 heavy (non-hydrogen) atoms. The summed E-state index contributed by atoms with van der Waals surface area (Å²) in [7, 11) is 1.71. The SMILES string of the molecule is CC(C)N(C)C(=O)Nc1cccc(CC(=O)O)c1. The maximum absolute atomic E-state index is 11.8. The van der Waals surface area contributed by atoms with E-state index in [4.69, 9.17) is 5.11 Å². The number of anilines is 1. The highest BCUT2D eigenvalue weighted by molar-refractivity contribution is 5.89. The Morgan fingerprint density at radius 2 is 2.06 bits per heavy atom. The van der Waals surface area contributed by atoms with Crippen LogP contribution >= 0.6 is 0 Å². The van der Waals surface area contributed by atoms with Gasteiger partial charge >= 0.3 is 12.0 Å². The Morgan fingerprint density at radius 3 is 2.61 bits per heavy atom. The molecule has 2 amide bonds. The van der Waals surface area contributed by atoms with Crippen LogP contribution in [0.4, 0.5) is 10.5 Å². The van der Waals surface area contributed by atoms with Crippen LogP contribution in [-0.4, -0.2) is 35.1 Å². The van der Waals surface area contributed by atoms with Crippen molar-refractivity contribution in [1.29, 1.82) is 0 Å². The summed E-state index contributed by atoms with van der Waals surface area (Å²) in [6, 6.07) is 6.74. The first-order chi connectivity index (χ1) is 8.40. The standard InChI is InChI=1S/C13H18N2O3/c1-9(2)15(3)13(18)14-11-6-4-5-10(7-11)8-12(16)17/h4-7,9H,8H2,1-3H3,(H,14,18)(H,16,17). The van der Waals surface area contributed by atoms with Crippen LogP contribution in [0.1, 0.15) is 19.4 Å². The quantitative estimate of drug-likeness (QED) is 0.860. The van der Waals surface area contributed by atoms with Crippen molar-refractivity contribution in [2.45, 2.75) is 26.3 Å². The molecular formula is C13H18N2O3. The van der Waals surface area contributed by atoms with E-state index < -0.39 is 5.97 Å². The smallest absolute Gasteiger partial charge is 0.321 e. The average Bonchev–Trinajstić information content (AvgIpc) is 2.27. The number of nitrogens with one attached hydrogen (secondary N) is 1. The second kappa shape index (κ2) is 6.05. The van der Waals surface area contributed by atoms with E-state index in [0.717, 1.165) is 0 Å². The second-order valence-electron chi connectivity index (χ2n) is 4.41. The fourth-order valence-electron chi connectivity index (χ4n) is 1.38. The van der Waals surface area contributed by atoms with Crippen LogP contribution in [0.25, 0.3) is 0 Å². The average molecular weight is 250 g/mol. The topological polar surface area (TPSA) is 69.6 Å². The molecule has 0 bridgehead atoms. The number of carboxylic acids is 1. The van der Waals surface area contributed by atoms with Crippen LogP contribution in [0.15, 0.2) is 24.3 Å². The van der Waals surface area contributed by atoms with E-state index in [-0.39, 0.29) is 18.5 Å². The number of rotatable bonds is 4. The van der Waals surface area contributed by atoms with Crippen LogP contribution < -0.4 is 5.32 Å². The molecule has 0 radical (unpaired) electrons. The monoisotopic (exact) mass is 250 g/mol. The van der Waals surface area contributed by atoms with Crippen molar-refractivity contribution >= 4 is 17.7 Å². The molecule has 1 rings (SSSR count). The normalized spacial score (nSPS) is 10.2. The largest absolute Gasteiger partial charge is 0.481 e. The van der Waals surface area contributed by atoms with E-state index in [1.165, 1.54) is 0 Å². The Balaban J connectivity index is 2.73. The van der Waals surface area contributed by atoms with E-state index >= 15 is 0 Å². The van der Waals surface area contributed by atoms with Crippen LogP contribution in [0.5, 0.6) is 0 Å². The summed E-state index contributed by atoms with van der Waals surface area (Å²) in [6.45, 7) is 3.83. The van der Waals surface area contributed by atoms with Gasteiger partial charge in [-0.25, -0.2) is 4.79 Å². The molecule has 5 nitrogen and oxygen atoms in total. The minimum Gasteiger partial charge on any atom is -0.481 e. The number of nitrogens with zero attached hydrogens (tertiary/aromatic N) is 1. The van der Waals surface area contributed by atoms with Crippen LogP contribution in [-0.2, 0) is 11.2 Å². The molecule has 0 aromatic heterocycles. The van der Waals surface area contributed by atoms with Gasteiger partial charge in [-0.05, 0) is 31.5 Å². The molecule has 1 aromatic rings. The van der Waals surface area contributed by atoms with Gasteiger partial charge in [-0.2, -0.15) is 0 Å². The van der Waals surface area contributed by atoms with Crippen LogP contribution in [0.3, 0.4) is 0 Å². The zero-order valence-corrected chi connectivity index (χ0v) is 10.8. The zero-order valence-electron chi connectivity index (χ0n) is 10.8. The molecule has 0 saturated carbocycles. The van der Waals surface area contributed by atoms with Gasteiger partial charge in [0.05, 0.1) is 6.42 Å². The van der Waals surface area contributed by atoms with Gasteiger partial charge < -0.3 is 15.3 Å². The van der Waals surface area contributed by atoms with E-state index in [1.807, 2.05) is 13.8 Å². The molecule has 0 aliphatic carbocycles. The predicted molar refractivity (Wildman–Crippen MR) is 69.7 cm³/mol. The molecule has 0 fully saturated rings. The first-order valence-electron chi connectivity index (χ1n) is 5.74. The van der Waals surface area contributed by atoms with Gasteiger partial charge in [-0.1, -0.05) is 12.1 Å². The van der Waals surface area contributed by atoms with Gasteiger partial charge in [-0.15, -0.1) is 0 Å². The van der Waals surface area contributed by atoms with Gasteiger partial charge in [0.1, 0.15) is 0 Å². The minimum atomic E-state index is -0.891. The molecule has 0 saturated heterocycles. The van der Waals surface area contributed by atoms with Crippen molar-refractivity contribution in [2.75, 3.05) is 12.4 Å². The molecule has 0 heterocycles. The lowest BCUT2D eigenvalue weighted by molar-refractivity contribution is -0.136. The highest BCUT2D eigenvalue weighted by Gasteiger charge is 2.11. The van der Waals surface area contributed by atoms with E-state index in [2.05, 4.69) is 5.32 Å². The predicted octanol–water partition coefficient (Wildman–Crippen LogP) is 2.19. The lowest BCUT2D eigenvalue weighted by Crippen LogP contribution is -2.36. The number of benzene rings is 1. The first-order valence-corrected chi connectivity index (χ1v) is 5.74. The van der Waals surface area contributed by atoms with Crippen molar-refractivity contribution in [3.8, 4) is 0 Å². The second-order valence-corrected chi connectivity index (χ2v) is 4.41. The maximum Gasteiger partial charge on any atom is 0.321 e. The van der Waals surface area contributed by atoms with E-state index in [9.17, 15) is 9.59 Å². The number of aliphatic carboxylic acids is 1. The zero-order chi connectivity index (χ0) is 13.7. The van der Waals surface area contributed by atoms with Gasteiger partial charge in [0.2, 0.25) is 0 Å². The summed E-state index contributed by atoms with van der Waals surface area (Å²) in [5.41, 5.74) is 1.26. The third-order valence-electron chi connectivity index (χ3n) is 2.63. The lowest BCUT2D eigenvalue weighted by atomic mass is 10.1. The Hall–Kier alpha value is -2.04. The lowest BCUT2D eigenvalue weighted by Gasteiger charge is -2.21. The fourth-order valence-corrected chi connectivity index (χ4v) is 1.38. The van der Waals surface area contributed by atoms with E-state index in [0.29, 0.717) is 11.3 Å². The van der Waals surface area contributed by atoms with Crippen LogP contribution in [0, 0.1) is 0 Å². The van der Waals surface area contributed by atoms with Crippen molar-refractivity contribution < 1.29 is 14.7 Å². The Bertz CT molecular complexity index is 444. The maximum atomic E-state index is 11.8. The number of hydrogen-bond acceptors (Lipinski definition) is 2. The highest BCUT2D eigenvalue weighted by Crippen LogP contribution is 2.12. The Morgan fingerprint density at radius 1 is 1.39 bits per heavy atom. The molecule has 1 aromatic carbocycles. The number of carbonyl (C=O) groups excluding carboxylic acids is 1. The van der Waals surface area contributed by atoms with Crippen molar-refractivity contribution in [2.24, 2.45) is 0 Å². The number of urea groups is 1. The van der Waals surface area contributed by atoms with Crippen molar-refractivity contribution in [1.82, 2.24) is 4.90 Å². The summed E-state index contributed by atoms with van der Waals surface area (Å²) in [4.78, 5) is 24.0. The van der Waals surface area contributed by atoms with Crippen LogP contribution in [0.2, 0.25) is 0 Å². The molecule has 98 valence electrons. The molecule has 0 spiro atoms. The van der Waals surface area contributed by atoms with Gasteiger partial charge in [0.25, 0.3) is 0 Å². The van der Waals surface area contributed by atoms with E-state index in [1.54, 1.807) is 36.2 Å². The summed E-state index contributed by atoms with van der Waals surface area (Å²) < 4.78 is 0. The summed E-state index contributed by atoms with van der Waals surface area (Å²) in [5.74, 6) is -0.891. The molecule has 0 aliphatic rings. The summed E-state index contributed by atoms with van der Waals surface area (Å²) in [6.07, 6.45) is -0.0519. The molecule has 0 unspecified atom stereocenters. The Labute approximate surface area is 106 Å².